The molecule has 0 aliphatic rings. The van der Waals surface area contributed by atoms with E-state index in [0.717, 1.165) is 36.6 Å². The van der Waals surface area contributed by atoms with E-state index in [4.69, 9.17) is 9.40 Å². The van der Waals surface area contributed by atoms with E-state index in [2.05, 4.69) is 41.5 Å². The number of nitrogens with zero attached hydrogens (tertiary/aromatic N) is 3. The Morgan fingerprint density at radius 3 is 2.35 bits per heavy atom. The third-order valence-electron chi connectivity index (χ3n) is 4.91. The minimum atomic E-state index is 0.843. The summed E-state index contributed by atoms with van der Waals surface area (Å²) in [4.78, 5) is 7.43. The highest BCUT2D eigenvalue weighted by Crippen LogP contribution is 2.25. The number of aryl methyl sites for hydroxylation is 1. The molecule has 3 rings (SSSR count). The first-order chi connectivity index (χ1) is 12.8. The summed E-state index contributed by atoms with van der Waals surface area (Å²) >= 11 is 0. The van der Waals surface area contributed by atoms with Crippen LogP contribution in [-0.2, 0) is 6.54 Å². The van der Waals surface area contributed by atoms with Crippen LogP contribution in [-0.4, -0.2) is 34.1 Å². The third-order valence-corrected chi connectivity index (χ3v) is 4.91. The van der Waals surface area contributed by atoms with E-state index >= 15 is 0 Å². The van der Waals surface area contributed by atoms with Crippen LogP contribution in [0.25, 0.3) is 22.6 Å². The fraction of sp³-hybridized carbons (Fsp3) is 0.500. The lowest BCUT2D eigenvalue weighted by molar-refractivity contribution is 0.258. The van der Waals surface area contributed by atoms with E-state index in [-0.39, 0.29) is 0 Å². The second kappa shape index (κ2) is 9.58. The minimum absolute atomic E-state index is 0.843. The molecule has 3 aromatic rings. The van der Waals surface area contributed by atoms with Gasteiger partial charge in [-0.2, -0.15) is 0 Å². The van der Waals surface area contributed by atoms with Gasteiger partial charge in [-0.05, 0) is 63.2 Å². The summed E-state index contributed by atoms with van der Waals surface area (Å²) in [5, 5.41) is 0. The van der Waals surface area contributed by atoms with Crippen LogP contribution in [0.15, 0.2) is 47.1 Å². The van der Waals surface area contributed by atoms with Crippen molar-refractivity contribution in [2.45, 2.75) is 52.5 Å². The molecule has 140 valence electrons. The number of rotatable bonds is 11. The quantitative estimate of drug-likeness (QED) is 0.451. The molecule has 0 amide bonds. The molecule has 2 aromatic heterocycles. The van der Waals surface area contributed by atoms with Crippen molar-refractivity contribution in [1.29, 1.82) is 0 Å². The zero-order valence-electron chi connectivity index (χ0n) is 16.2. The summed E-state index contributed by atoms with van der Waals surface area (Å²) in [6, 6.07) is 12.3. The second-order valence-electron chi connectivity index (χ2n) is 6.96. The molecule has 1 aromatic carbocycles. The van der Waals surface area contributed by atoms with E-state index < -0.39 is 0 Å². The van der Waals surface area contributed by atoms with Crippen LogP contribution in [0.2, 0.25) is 0 Å². The number of hydrogen-bond acceptors (Lipinski definition) is 3. The molecule has 0 spiro atoms. The maximum atomic E-state index is 5.63. The van der Waals surface area contributed by atoms with Crippen molar-refractivity contribution in [1.82, 2.24) is 14.5 Å². The predicted octanol–water partition coefficient (Wildman–Crippen LogP) is 5.59. The largest absolute Gasteiger partial charge is 0.461 e. The van der Waals surface area contributed by atoms with Gasteiger partial charge in [0.05, 0.1) is 17.3 Å². The van der Waals surface area contributed by atoms with Gasteiger partial charge in [0.25, 0.3) is 0 Å². The Hall–Kier alpha value is -2.07. The van der Waals surface area contributed by atoms with Crippen LogP contribution in [0.1, 0.15) is 46.0 Å². The zero-order valence-corrected chi connectivity index (χ0v) is 16.2. The molecule has 0 radical (unpaired) electrons. The molecule has 26 heavy (non-hydrogen) atoms. The van der Waals surface area contributed by atoms with Gasteiger partial charge in [0, 0.05) is 6.54 Å². The molecule has 2 heterocycles. The molecular weight excluding hydrogens is 322 g/mol. The second-order valence-corrected chi connectivity index (χ2v) is 6.96. The predicted molar refractivity (Wildman–Crippen MR) is 108 cm³/mol. The minimum Gasteiger partial charge on any atom is -0.461 e. The van der Waals surface area contributed by atoms with Crippen molar-refractivity contribution >= 4 is 11.0 Å². The van der Waals surface area contributed by atoms with Crippen LogP contribution in [0.5, 0.6) is 0 Å². The molecule has 0 fully saturated rings. The van der Waals surface area contributed by atoms with Crippen molar-refractivity contribution in [2.24, 2.45) is 0 Å². The Balaban J connectivity index is 1.72. The molecule has 0 bridgehead atoms. The molecule has 0 saturated carbocycles. The highest BCUT2D eigenvalue weighted by molar-refractivity contribution is 5.79. The van der Waals surface area contributed by atoms with Gasteiger partial charge in [-0.3, -0.25) is 0 Å². The fourth-order valence-electron chi connectivity index (χ4n) is 3.45. The number of hydrogen-bond donors (Lipinski definition) is 0. The van der Waals surface area contributed by atoms with Crippen LogP contribution in [0, 0.1) is 0 Å². The number of imidazole rings is 1. The molecule has 0 unspecified atom stereocenters. The standard InChI is InChI=1S/C22H31N3O/c1-3-5-14-24(15-6-4-2)16-10-17-25-20-12-8-7-11-19(20)23-22(25)21-13-9-18-26-21/h7-9,11-13,18H,3-6,10,14-17H2,1-2H3. The smallest absolute Gasteiger partial charge is 0.177 e. The lowest BCUT2D eigenvalue weighted by Gasteiger charge is -2.22. The Labute approximate surface area is 156 Å². The van der Waals surface area contributed by atoms with Crippen molar-refractivity contribution in [3.05, 3.63) is 42.7 Å². The number of benzene rings is 1. The molecule has 4 heteroatoms. The summed E-state index contributed by atoms with van der Waals surface area (Å²) in [6.45, 7) is 9.07. The van der Waals surface area contributed by atoms with Gasteiger partial charge in [0.2, 0.25) is 0 Å². The van der Waals surface area contributed by atoms with E-state index in [9.17, 15) is 0 Å². The highest BCUT2D eigenvalue weighted by Gasteiger charge is 2.14. The molecular formula is C22H31N3O. The van der Waals surface area contributed by atoms with E-state index in [0.29, 0.717) is 0 Å². The third kappa shape index (κ3) is 4.55. The van der Waals surface area contributed by atoms with Crippen LogP contribution < -0.4 is 0 Å². The zero-order chi connectivity index (χ0) is 18.2. The summed E-state index contributed by atoms with van der Waals surface area (Å²) in [7, 11) is 0. The number of fused-ring (bicyclic) bond motifs is 1. The maximum Gasteiger partial charge on any atom is 0.177 e. The average Bonchev–Trinajstić information content (AvgIpc) is 3.31. The normalized spacial score (nSPS) is 11.7. The number of aromatic nitrogens is 2. The van der Waals surface area contributed by atoms with Crippen LogP contribution >= 0.6 is 0 Å². The Morgan fingerprint density at radius 2 is 1.65 bits per heavy atom. The maximum absolute atomic E-state index is 5.63. The van der Waals surface area contributed by atoms with Gasteiger partial charge in [-0.1, -0.05) is 38.8 Å². The first-order valence-electron chi connectivity index (χ1n) is 10.0. The molecule has 0 saturated heterocycles. The lowest BCUT2D eigenvalue weighted by Crippen LogP contribution is -2.28. The van der Waals surface area contributed by atoms with Gasteiger partial charge in [-0.15, -0.1) is 0 Å². The highest BCUT2D eigenvalue weighted by atomic mass is 16.3. The van der Waals surface area contributed by atoms with Crippen molar-refractivity contribution in [3.63, 3.8) is 0 Å². The van der Waals surface area contributed by atoms with E-state index in [1.165, 1.54) is 44.3 Å². The van der Waals surface area contributed by atoms with Gasteiger partial charge >= 0.3 is 0 Å². The Kier molecular flexibility index (Phi) is 6.89. The Morgan fingerprint density at radius 1 is 0.923 bits per heavy atom. The summed E-state index contributed by atoms with van der Waals surface area (Å²) in [5.74, 6) is 1.78. The van der Waals surface area contributed by atoms with E-state index in [1.54, 1.807) is 6.26 Å². The van der Waals surface area contributed by atoms with Crippen molar-refractivity contribution in [2.75, 3.05) is 19.6 Å². The first-order valence-corrected chi connectivity index (χ1v) is 10.0. The summed E-state index contributed by atoms with van der Waals surface area (Å²) < 4.78 is 7.94. The SMILES string of the molecule is CCCCN(CCCC)CCCn1c(-c2ccco2)nc2ccccc21. The molecule has 4 nitrogen and oxygen atoms in total. The van der Waals surface area contributed by atoms with Gasteiger partial charge in [0.1, 0.15) is 0 Å². The van der Waals surface area contributed by atoms with Gasteiger partial charge in [0.15, 0.2) is 11.6 Å². The number of furan rings is 1. The summed E-state index contributed by atoms with van der Waals surface area (Å²) in [6.07, 6.45) is 7.94. The van der Waals surface area contributed by atoms with E-state index in [1.807, 2.05) is 18.2 Å². The lowest BCUT2D eigenvalue weighted by atomic mass is 10.2. The molecule has 0 aliphatic carbocycles. The average molecular weight is 354 g/mol. The molecule has 0 aliphatic heterocycles. The molecule has 0 atom stereocenters. The fourth-order valence-corrected chi connectivity index (χ4v) is 3.45. The van der Waals surface area contributed by atoms with Crippen LogP contribution in [0.4, 0.5) is 0 Å². The number of para-hydroxylation sites is 2. The monoisotopic (exact) mass is 353 g/mol. The van der Waals surface area contributed by atoms with Gasteiger partial charge in [-0.25, -0.2) is 4.98 Å². The summed E-state index contributed by atoms with van der Waals surface area (Å²) in [5.41, 5.74) is 2.22. The van der Waals surface area contributed by atoms with Crippen LogP contribution in [0.3, 0.4) is 0 Å². The Bertz CT molecular complexity index is 768. The van der Waals surface area contributed by atoms with Crippen molar-refractivity contribution in [3.8, 4) is 11.6 Å². The molecule has 0 N–H and O–H groups in total. The van der Waals surface area contributed by atoms with Gasteiger partial charge < -0.3 is 13.9 Å². The van der Waals surface area contributed by atoms with Crippen molar-refractivity contribution < 1.29 is 4.42 Å². The first kappa shape index (κ1) is 18.7. The number of unbranched alkanes of at least 4 members (excludes halogenated alkanes) is 2. The topological polar surface area (TPSA) is 34.2 Å².